The summed E-state index contributed by atoms with van der Waals surface area (Å²) in [5, 5.41) is 3.46. The van der Waals surface area contributed by atoms with Gasteiger partial charge in [-0.1, -0.05) is 24.3 Å². The van der Waals surface area contributed by atoms with E-state index in [-0.39, 0.29) is 11.4 Å². The molecule has 1 unspecified atom stereocenters. The number of nitrogens with one attached hydrogen (secondary N) is 2. The van der Waals surface area contributed by atoms with Crippen LogP contribution in [0.15, 0.2) is 53.5 Å². The lowest BCUT2D eigenvalue weighted by Gasteiger charge is -2.30. The number of rotatable bonds is 4. The van der Waals surface area contributed by atoms with E-state index >= 15 is 0 Å². The summed E-state index contributed by atoms with van der Waals surface area (Å²) < 4.78 is 52.4. The second-order valence-corrected chi connectivity index (χ2v) is 6.26. The lowest BCUT2D eigenvalue weighted by molar-refractivity contribution is -0.138. The van der Waals surface area contributed by atoms with Crippen LogP contribution in [0.1, 0.15) is 18.1 Å². The summed E-state index contributed by atoms with van der Waals surface area (Å²) in [4.78, 5) is 28.7. The number of aliphatic imine (C=N–C) groups is 1. The van der Waals surface area contributed by atoms with Crippen molar-refractivity contribution in [3.63, 3.8) is 0 Å². The number of amidine groups is 1. The molecule has 2 aromatic rings. The zero-order chi connectivity index (χ0) is 21.2. The molecule has 2 amide bonds. The zero-order valence-corrected chi connectivity index (χ0v) is 15.1. The van der Waals surface area contributed by atoms with Gasteiger partial charge in [0.05, 0.1) is 11.3 Å². The fourth-order valence-corrected chi connectivity index (χ4v) is 2.73. The van der Waals surface area contributed by atoms with E-state index in [2.05, 4.69) is 15.7 Å². The molecule has 10 heteroatoms. The molecule has 0 fully saturated rings. The number of hydrogen-bond acceptors (Lipinski definition) is 4. The molecule has 0 aliphatic carbocycles. The van der Waals surface area contributed by atoms with E-state index < -0.39 is 42.0 Å². The van der Waals surface area contributed by atoms with Crippen molar-refractivity contribution in [3.05, 3.63) is 65.5 Å². The topological polar surface area (TPSA) is 73.8 Å². The predicted molar refractivity (Wildman–Crippen MR) is 97.2 cm³/mol. The van der Waals surface area contributed by atoms with Crippen molar-refractivity contribution in [2.75, 3.05) is 5.01 Å². The molecule has 3 rings (SSSR count). The highest BCUT2D eigenvalue weighted by Gasteiger charge is 2.34. The number of anilines is 1. The zero-order valence-electron chi connectivity index (χ0n) is 15.1. The Morgan fingerprint density at radius 3 is 2.55 bits per heavy atom. The van der Waals surface area contributed by atoms with Crippen molar-refractivity contribution in [2.24, 2.45) is 4.99 Å². The minimum absolute atomic E-state index is 0.225. The summed E-state index contributed by atoms with van der Waals surface area (Å²) >= 11 is 0. The van der Waals surface area contributed by atoms with Crippen LogP contribution in [0.4, 0.5) is 23.2 Å². The molecular weight excluding hydrogens is 392 g/mol. The van der Waals surface area contributed by atoms with Gasteiger partial charge in [0, 0.05) is 6.54 Å². The molecule has 29 heavy (non-hydrogen) atoms. The Bertz CT molecular complexity index is 960. The third-order valence-electron chi connectivity index (χ3n) is 4.16. The maximum atomic E-state index is 13.2. The van der Waals surface area contributed by atoms with E-state index in [9.17, 15) is 27.2 Å². The van der Waals surface area contributed by atoms with Crippen molar-refractivity contribution in [1.82, 2.24) is 10.7 Å². The number of carbonyl (C=O) groups excluding carboxylic acids is 2. The predicted octanol–water partition coefficient (Wildman–Crippen LogP) is 2.80. The molecule has 0 aromatic heterocycles. The van der Waals surface area contributed by atoms with E-state index in [0.29, 0.717) is 11.8 Å². The molecule has 152 valence electrons. The largest absolute Gasteiger partial charge is 0.416 e. The number of nitrogens with zero attached hydrogens (tertiary/aromatic N) is 2. The average molecular weight is 408 g/mol. The maximum Gasteiger partial charge on any atom is 0.416 e. The number of para-hydroxylation sites is 1. The van der Waals surface area contributed by atoms with Gasteiger partial charge < -0.3 is 5.32 Å². The first-order valence-corrected chi connectivity index (χ1v) is 8.54. The highest BCUT2D eigenvalue weighted by atomic mass is 19.4. The van der Waals surface area contributed by atoms with E-state index in [1.54, 1.807) is 30.3 Å². The Kier molecular flexibility index (Phi) is 5.53. The van der Waals surface area contributed by atoms with Gasteiger partial charge in [-0.15, -0.1) is 0 Å². The van der Waals surface area contributed by atoms with Crippen LogP contribution in [-0.4, -0.2) is 23.7 Å². The number of halogens is 4. The second kappa shape index (κ2) is 7.90. The van der Waals surface area contributed by atoms with Gasteiger partial charge in [0.2, 0.25) is 5.84 Å². The molecule has 0 spiro atoms. The molecule has 1 aliphatic rings. The van der Waals surface area contributed by atoms with Gasteiger partial charge in [0.25, 0.3) is 11.8 Å². The Balaban J connectivity index is 1.76. The van der Waals surface area contributed by atoms with Crippen LogP contribution in [0.5, 0.6) is 0 Å². The average Bonchev–Trinajstić information content (AvgIpc) is 2.68. The van der Waals surface area contributed by atoms with Gasteiger partial charge in [-0.05, 0) is 36.8 Å². The monoisotopic (exact) mass is 408 g/mol. The summed E-state index contributed by atoms with van der Waals surface area (Å²) in [5.41, 5.74) is 1.58. The SMILES string of the molecule is CC1N=C(C(=O)NCc2ccc(F)cc2C(F)(F)F)NN(c2ccccc2)C1=O. The van der Waals surface area contributed by atoms with E-state index in [0.717, 1.165) is 17.1 Å². The van der Waals surface area contributed by atoms with Gasteiger partial charge in [0.1, 0.15) is 11.9 Å². The number of amides is 2. The molecule has 1 heterocycles. The van der Waals surface area contributed by atoms with E-state index in [1.807, 2.05) is 0 Å². The van der Waals surface area contributed by atoms with Crippen LogP contribution in [0.25, 0.3) is 0 Å². The van der Waals surface area contributed by atoms with Crippen molar-refractivity contribution in [1.29, 1.82) is 0 Å². The molecule has 6 nitrogen and oxygen atoms in total. The van der Waals surface area contributed by atoms with Gasteiger partial charge in [0.15, 0.2) is 0 Å². The first-order chi connectivity index (χ1) is 13.7. The summed E-state index contributed by atoms with van der Waals surface area (Å²) in [6.07, 6.45) is -4.77. The van der Waals surface area contributed by atoms with Crippen molar-refractivity contribution >= 4 is 23.3 Å². The lowest BCUT2D eigenvalue weighted by Crippen LogP contribution is -2.57. The van der Waals surface area contributed by atoms with Crippen molar-refractivity contribution < 1.29 is 27.2 Å². The smallest absolute Gasteiger partial charge is 0.345 e. The summed E-state index contributed by atoms with van der Waals surface area (Å²) in [6.45, 7) is 0.996. The number of hydrogen-bond donors (Lipinski definition) is 2. The molecule has 0 saturated heterocycles. The molecule has 0 radical (unpaired) electrons. The summed E-state index contributed by atoms with van der Waals surface area (Å²) in [6, 6.07) is 9.79. The maximum absolute atomic E-state index is 13.2. The molecule has 0 saturated carbocycles. The minimum atomic E-state index is -4.77. The third kappa shape index (κ3) is 4.53. The number of hydrazine groups is 1. The van der Waals surface area contributed by atoms with E-state index in [1.165, 1.54) is 6.92 Å². The van der Waals surface area contributed by atoms with Crippen molar-refractivity contribution in [2.45, 2.75) is 25.7 Å². The van der Waals surface area contributed by atoms with Crippen LogP contribution in [0, 0.1) is 5.82 Å². The number of alkyl halides is 3. The first kappa shape index (κ1) is 20.3. The lowest BCUT2D eigenvalue weighted by atomic mass is 10.1. The quantitative estimate of drug-likeness (QED) is 0.765. The Hall–Kier alpha value is -3.43. The highest BCUT2D eigenvalue weighted by molar-refractivity contribution is 6.39. The van der Waals surface area contributed by atoms with Crippen molar-refractivity contribution in [3.8, 4) is 0 Å². The Labute approximate surface area is 163 Å². The normalized spacial score (nSPS) is 16.9. The van der Waals surface area contributed by atoms with E-state index in [4.69, 9.17) is 0 Å². The highest BCUT2D eigenvalue weighted by Crippen LogP contribution is 2.32. The molecular formula is C19H16F4N4O2. The number of carbonyl (C=O) groups is 2. The fraction of sp³-hybridized carbons (Fsp3) is 0.211. The summed E-state index contributed by atoms with van der Waals surface area (Å²) in [7, 11) is 0. The summed E-state index contributed by atoms with van der Waals surface area (Å²) in [5.74, 6) is -2.46. The van der Waals surface area contributed by atoms with Crippen LogP contribution in [0.3, 0.4) is 0 Å². The molecule has 2 aromatic carbocycles. The fourth-order valence-electron chi connectivity index (χ4n) is 2.73. The second-order valence-electron chi connectivity index (χ2n) is 6.26. The van der Waals surface area contributed by atoms with Crippen LogP contribution >= 0.6 is 0 Å². The molecule has 2 N–H and O–H groups in total. The Morgan fingerprint density at radius 1 is 1.21 bits per heavy atom. The number of benzene rings is 2. The molecule has 0 bridgehead atoms. The Morgan fingerprint density at radius 2 is 1.90 bits per heavy atom. The minimum Gasteiger partial charge on any atom is -0.345 e. The first-order valence-electron chi connectivity index (χ1n) is 8.54. The van der Waals surface area contributed by atoms with Gasteiger partial charge in [-0.2, -0.15) is 13.2 Å². The third-order valence-corrected chi connectivity index (χ3v) is 4.16. The van der Waals surface area contributed by atoms with Gasteiger partial charge in [-0.3, -0.25) is 15.0 Å². The standard InChI is InChI=1S/C19H16F4N4O2/c1-11-18(29)27(14-5-3-2-4-6-14)26-16(25-11)17(28)24-10-12-7-8-13(20)9-15(12)19(21,22)23/h2-9,11H,10H2,1H3,(H,24,28)(H,25,26). The van der Waals surface area contributed by atoms with Crippen LogP contribution < -0.4 is 15.8 Å². The van der Waals surface area contributed by atoms with Crippen LogP contribution in [-0.2, 0) is 22.3 Å². The molecule has 1 aliphatic heterocycles. The van der Waals surface area contributed by atoms with Gasteiger partial charge in [-0.25, -0.2) is 14.4 Å². The molecule has 1 atom stereocenters. The van der Waals surface area contributed by atoms with Gasteiger partial charge >= 0.3 is 6.18 Å². The van der Waals surface area contributed by atoms with Crippen LogP contribution in [0.2, 0.25) is 0 Å².